The fourth-order valence-corrected chi connectivity index (χ4v) is 4.88. The van der Waals surface area contributed by atoms with Crippen molar-refractivity contribution in [3.05, 3.63) is 88.8 Å². The number of thiophene rings is 1. The number of hydrogen-bond donors (Lipinski definition) is 1. The average molecular weight is 493 g/mol. The third-order valence-corrected chi connectivity index (χ3v) is 7.08. The summed E-state index contributed by atoms with van der Waals surface area (Å²) >= 11 is 2.99. The van der Waals surface area contributed by atoms with Crippen LogP contribution in [-0.4, -0.2) is 39.0 Å². The number of amides is 1. The zero-order valence-electron chi connectivity index (χ0n) is 18.8. The van der Waals surface area contributed by atoms with Gasteiger partial charge in [-0.25, -0.2) is 4.79 Å². The Hall–Kier alpha value is -3.43. The second-order valence-electron chi connectivity index (χ2n) is 7.52. The van der Waals surface area contributed by atoms with Crippen molar-refractivity contribution in [2.45, 2.75) is 30.4 Å². The molecule has 1 unspecified atom stereocenters. The van der Waals surface area contributed by atoms with E-state index in [1.165, 1.54) is 18.9 Å². The molecule has 7 nitrogen and oxygen atoms in total. The van der Waals surface area contributed by atoms with Crippen molar-refractivity contribution < 1.29 is 14.3 Å². The molecule has 0 radical (unpaired) electrons. The van der Waals surface area contributed by atoms with Gasteiger partial charge in [-0.2, -0.15) is 0 Å². The molecule has 0 aliphatic rings. The average Bonchev–Trinajstić information content (AvgIpc) is 3.53. The number of carbonyl (C=O) groups is 2. The van der Waals surface area contributed by atoms with Crippen molar-refractivity contribution in [2.75, 3.05) is 7.11 Å². The van der Waals surface area contributed by atoms with Gasteiger partial charge in [-0.15, -0.1) is 21.5 Å². The minimum absolute atomic E-state index is 0.103. The summed E-state index contributed by atoms with van der Waals surface area (Å²) in [5.41, 5.74) is 2.50. The molecule has 0 saturated carbocycles. The minimum Gasteiger partial charge on any atom is -0.465 e. The van der Waals surface area contributed by atoms with Gasteiger partial charge in [-0.1, -0.05) is 60.3 Å². The Morgan fingerprint density at radius 2 is 1.79 bits per heavy atom. The quantitative estimate of drug-likeness (QED) is 0.271. The second kappa shape index (κ2) is 11.1. The predicted octanol–water partition coefficient (Wildman–Crippen LogP) is 4.64. The summed E-state index contributed by atoms with van der Waals surface area (Å²) in [6.07, 6.45) is 0. The predicted molar refractivity (Wildman–Crippen MR) is 134 cm³/mol. The van der Waals surface area contributed by atoms with Crippen LogP contribution in [0.4, 0.5) is 0 Å². The van der Waals surface area contributed by atoms with E-state index >= 15 is 0 Å². The summed E-state index contributed by atoms with van der Waals surface area (Å²) in [6.45, 7) is 2.83. The molecular weight excluding hydrogens is 468 g/mol. The van der Waals surface area contributed by atoms with Gasteiger partial charge in [0, 0.05) is 6.54 Å². The first-order chi connectivity index (χ1) is 16.5. The molecule has 4 aromatic rings. The molecule has 0 bridgehead atoms. The Kier molecular flexibility index (Phi) is 7.76. The normalized spacial score (nSPS) is 11.7. The van der Waals surface area contributed by atoms with E-state index in [2.05, 4.69) is 32.2 Å². The maximum absolute atomic E-state index is 12.8. The van der Waals surface area contributed by atoms with Crippen LogP contribution >= 0.6 is 23.1 Å². The lowest BCUT2D eigenvalue weighted by atomic mass is 10.1. The molecule has 174 valence electrons. The molecule has 0 aliphatic carbocycles. The number of esters is 1. The highest BCUT2D eigenvalue weighted by Crippen LogP contribution is 2.30. The molecule has 0 saturated heterocycles. The third kappa shape index (κ3) is 5.73. The summed E-state index contributed by atoms with van der Waals surface area (Å²) in [7, 11) is 1.35. The zero-order chi connectivity index (χ0) is 23.9. The summed E-state index contributed by atoms with van der Waals surface area (Å²) in [4.78, 5) is 25.4. The van der Waals surface area contributed by atoms with Gasteiger partial charge in [0.2, 0.25) is 5.91 Å². The van der Waals surface area contributed by atoms with Crippen molar-refractivity contribution in [3.63, 3.8) is 0 Å². The van der Waals surface area contributed by atoms with Crippen molar-refractivity contribution in [1.29, 1.82) is 0 Å². The van der Waals surface area contributed by atoms with Gasteiger partial charge in [-0.05, 0) is 41.6 Å². The van der Waals surface area contributed by atoms with Gasteiger partial charge in [0.05, 0.1) is 29.3 Å². The van der Waals surface area contributed by atoms with Crippen LogP contribution in [-0.2, 0) is 22.6 Å². The van der Waals surface area contributed by atoms with Crippen molar-refractivity contribution in [3.8, 4) is 10.7 Å². The highest BCUT2D eigenvalue weighted by molar-refractivity contribution is 8.00. The lowest BCUT2D eigenvalue weighted by Crippen LogP contribution is -2.30. The van der Waals surface area contributed by atoms with Gasteiger partial charge in [-0.3, -0.25) is 9.36 Å². The molecule has 2 aromatic heterocycles. The van der Waals surface area contributed by atoms with Crippen molar-refractivity contribution >= 4 is 35.0 Å². The highest BCUT2D eigenvalue weighted by Gasteiger charge is 2.21. The number of hydrogen-bond acceptors (Lipinski definition) is 7. The Morgan fingerprint density at radius 3 is 2.47 bits per heavy atom. The first kappa shape index (κ1) is 23.7. The van der Waals surface area contributed by atoms with Crippen molar-refractivity contribution in [2.24, 2.45) is 0 Å². The zero-order valence-corrected chi connectivity index (χ0v) is 20.4. The number of aromatic nitrogens is 3. The molecule has 4 rings (SSSR count). The molecule has 1 amide bonds. The van der Waals surface area contributed by atoms with E-state index < -0.39 is 0 Å². The third-order valence-electron chi connectivity index (χ3n) is 5.14. The molecule has 0 spiro atoms. The topological polar surface area (TPSA) is 86.1 Å². The maximum Gasteiger partial charge on any atom is 0.337 e. The van der Waals surface area contributed by atoms with E-state index in [0.29, 0.717) is 23.8 Å². The summed E-state index contributed by atoms with van der Waals surface area (Å²) in [5.74, 6) is 0.302. The molecule has 1 N–H and O–H groups in total. The van der Waals surface area contributed by atoms with E-state index in [9.17, 15) is 9.59 Å². The molecular formula is C25H24N4O3S2. The number of nitrogens with one attached hydrogen (secondary N) is 1. The molecule has 0 fully saturated rings. The molecule has 0 aliphatic heterocycles. The number of ether oxygens (including phenoxy) is 1. The van der Waals surface area contributed by atoms with Crippen LogP contribution in [0.25, 0.3) is 10.7 Å². The van der Waals surface area contributed by atoms with E-state index in [-0.39, 0.29) is 17.1 Å². The number of thioether (sulfide) groups is 1. The van der Waals surface area contributed by atoms with Crippen LogP contribution in [0.3, 0.4) is 0 Å². The van der Waals surface area contributed by atoms with E-state index in [1.807, 2.05) is 42.6 Å². The SMILES string of the molecule is COC(=O)c1ccc(CNC(=O)C(C)Sc2nnc(-c3cccs3)n2Cc2ccccc2)cc1. The Balaban J connectivity index is 1.44. The number of carbonyl (C=O) groups excluding carboxylic acids is 2. The first-order valence-electron chi connectivity index (χ1n) is 10.7. The van der Waals surface area contributed by atoms with Crippen LogP contribution in [0.15, 0.2) is 77.3 Å². The molecule has 9 heteroatoms. The van der Waals surface area contributed by atoms with Crippen LogP contribution in [0, 0.1) is 0 Å². The van der Waals surface area contributed by atoms with Gasteiger partial charge >= 0.3 is 5.97 Å². The van der Waals surface area contributed by atoms with Gasteiger partial charge < -0.3 is 10.1 Å². The second-order valence-corrected chi connectivity index (χ2v) is 9.78. The lowest BCUT2D eigenvalue weighted by Gasteiger charge is -2.14. The van der Waals surface area contributed by atoms with Crippen molar-refractivity contribution in [1.82, 2.24) is 20.1 Å². The number of benzene rings is 2. The van der Waals surface area contributed by atoms with Crippen LogP contribution in [0.2, 0.25) is 0 Å². The van der Waals surface area contributed by atoms with Crippen LogP contribution in [0.1, 0.15) is 28.4 Å². The van der Waals surface area contributed by atoms with E-state index in [0.717, 1.165) is 21.8 Å². The van der Waals surface area contributed by atoms with Crippen LogP contribution < -0.4 is 5.32 Å². The highest BCUT2D eigenvalue weighted by atomic mass is 32.2. The summed E-state index contributed by atoms with van der Waals surface area (Å²) < 4.78 is 6.77. The van der Waals surface area contributed by atoms with Gasteiger partial charge in [0.1, 0.15) is 0 Å². The smallest absolute Gasteiger partial charge is 0.337 e. The van der Waals surface area contributed by atoms with E-state index in [1.54, 1.807) is 35.6 Å². The standard InChI is InChI=1S/C25H24N4O3S2/c1-17(23(30)26-15-18-10-12-20(13-11-18)24(31)32-2)34-25-28-27-22(21-9-6-14-33-21)29(25)16-19-7-4-3-5-8-19/h3-14,17H,15-16H2,1-2H3,(H,26,30). The Morgan fingerprint density at radius 1 is 1.03 bits per heavy atom. The number of nitrogens with zero attached hydrogens (tertiary/aromatic N) is 3. The molecule has 1 atom stereocenters. The van der Waals surface area contributed by atoms with E-state index in [4.69, 9.17) is 4.74 Å². The Labute approximate surface area is 206 Å². The number of methoxy groups -OCH3 is 1. The first-order valence-corrected chi connectivity index (χ1v) is 12.4. The fraction of sp³-hybridized carbons (Fsp3) is 0.200. The Bertz CT molecular complexity index is 1240. The molecule has 2 heterocycles. The lowest BCUT2D eigenvalue weighted by molar-refractivity contribution is -0.120. The summed E-state index contributed by atoms with van der Waals surface area (Å²) in [6, 6.07) is 21.1. The maximum atomic E-state index is 12.8. The largest absolute Gasteiger partial charge is 0.465 e. The molecule has 34 heavy (non-hydrogen) atoms. The van der Waals surface area contributed by atoms with Gasteiger partial charge in [0.15, 0.2) is 11.0 Å². The molecule has 2 aromatic carbocycles. The monoisotopic (exact) mass is 492 g/mol. The number of rotatable bonds is 9. The minimum atomic E-state index is -0.387. The van der Waals surface area contributed by atoms with Crippen LogP contribution in [0.5, 0.6) is 0 Å². The summed E-state index contributed by atoms with van der Waals surface area (Å²) in [5, 5.41) is 14.1. The fourth-order valence-electron chi connectivity index (χ4n) is 3.29. The van der Waals surface area contributed by atoms with Gasteiger partial charge in [0.25, 0.3) is 0 Å².